The van der Waals surface area contributed by atoms with E-state index in [-0.39, 0.29) is 42.1 Å². The first-order valence-corrected chi connectivity index (χ1v) is 11.1. The summed E-state index contributed by atoms with van der Waals surface area (Å²) in [6, 6.07) is 5.67. The van der Waals surface area contributed by atoms with Crippen LogP contribution >= 0.6 is 0 Å². The highest BCUT2D eigenvalue weighted by Crippen LogP contribution is 2.38. The highest BCUT2D eigenvalue weighted by Gasteiger charge is 2.37. The molecule has 1 aromatic carbocycles. The van der Waals surface area contributed by atoms with E-state index >= 15 is 0 Å². The van der Waals surface area contributed by atoms with E-state index in [1.54, 1.807) is 15.9 Å². The van der Waals surface area contributed by atoms with Gasteiger partial charge in [0.2, 0.25) is 5.91 Å². The zero-order valence-corrected chi connectivity index (χ0v) is 18.5. The molecule has 7 nitrogen and oxygen atoms in total. The molecule has 0 unspecified atom stereocenters. The van der Waals surface area contributed by atoms with Gasteiger partial charge in [-0.2, -0.15) is 18.3 Å². The number of nitrogens with one attached hydrogen (secondary N) is 1. The van der Waals surface area contributed by atoms with Gasteiger partial charge in [0.15, 0.2) is 5.69 Å². The summed E-state index contributed by atoms with van der Waals surface area (Å²) in [6.07, 6.45) is -2.07. The number of rotatable bonds is 4. The van der Waals surface area contributed by atoms with E-state index < -0.39 is 11.7 Å². The van der Waals surface area contributed by atoms with E-state index in [2.05, 4.69) is 10.2 Å². The molecule has 10 heteroatoms. The van der Waals surface area contributed by atoms with Crippen LogP contribution in [-0.4, -0.2) is 65.2 Å². The van der Waals surface area contributed by atoms with Gasteiger partial charge in [-0.15, -0.1) is 0 Å². The summed E-state index contributed by atoms with van der Waals surface area (Å²) in [5, 5.41) is 7.19. The number of H-pyrrole nitrogens is 1. The van der Waals surface area contributed by atoms with Crippen LogP contribution in [-0.2, 0) is 28.7 Å². The van der Waals surface area contributed by atoms with Crippen molar-refractivity contribution in [1.29, 1.82) is 0 Å². The number of aromatic amines is 1. The molecule has 3 heterocycles. The van der Waals surface area contributed by atoms with Crippen molar-refractivity contribution in [3.63, 3.8) is 0 Å². The number of hydrogen-bond donors (Lipinski definition) is 1. The lowest BCUT2D eigenvalue weighted by molar-refractivity contribution is -0.138. The molecule has 0 atom stereocenters. The Morgan fingerprint density at radius 3 is 2.58 bits per heavy atom. The third kappa shape index (κ3) is 4.90. The first kappa shape index (κ1) is 23.3. The van der Waals surface area contributed by atoms with Crippen molar-refractivity contribution in [3.05, 3.63) is 52.3 Å². The number of methoxy groups -OCH3 is 1. The van der Waals surface area contributed by atoms with Crippen LogP contribution in [0.25, 0.3) is 0 Å². The monoisotopic (exact) mass is 464 g/mol. The maximum atomic E-state index is 13.4. The second kappa shape index (κ2) is 9.54. The van der Waals surface area contributed by atoms with E-state index in [9.17, 15) is 22.8 Å². The van der Waals surface area contributed by atoms with Crippen molar-refractivity contribution < 1.29 is 27.5 Å². The molecule has 2 aliphatic rings. The van der Waals surface area contributed by atoms with Gasteiger partial charge >= 0.3 is 6.18 Å². The number of carbonyl (C=O) groups excluding carboxylic acids is 2. The maximum absolute atomic E-state index is 13.4. The summed E-state index contributed by atoms with van der Waals surface area (Å²) in [5.41, 5.74) is 1.54. The van der Waals surface area contributed by atoms with Gasteiger partial charge in [-0.05, 0) is 43.2 Å². The zero-order valence-electron chi connectivity index (χ0n) is 18.5. The Morgan fingerprint density at radius 1 is 1.15 bits per heavy atom. The minimum absolute atomic E-state index is 0.0244. The summed E-state index contributed by atoms with van der Waals surface area (Å²) >= 11 is 0. The number of amides is 2. The Kier molecular flexibility index (Phi) is 6.73. The molecule has 0 spiro atoms. The maximum Gasteiger partial charge on any atom is 0.416 e. The van der Waals surface area contributed by atoms with Gasteiger partial charge in [0.25, 0.3) is 5.91 Å². The van der Waals surface area contributed by atoms with Gasteiger partial charge in [0.05, 0.1) is 5.56 Å². The van der Waals surface area contributed by atoms with Gasteiger partial charge in [0, 0.05) is 44.5 Å². The van der Waals surface area contributed by atoms with Crippen LogP contribution in [0.2, 0.25) is 0 Å². The van der Waals surface area contributed by atoms with Crippen molar-refractivity contribution in [2.75, 3.05) is 33.4 Å². The number of piperidine rings is 1. The summed E-state index contributed by atoms with van der Waals surface area (Å²) in [4.78, 5) is 28.9. The molecular formula is C23H27F3N4O3. The predicted octanol–water partition coefficient (Wildman–Crippen LogP) is 3.37. The van der Waals surface area contributed by atoms with Crippen molar-refractivity contribution in [3.8, 4) is 0 Å². The number of hydrogen-bond acceptors (Lipinski definition) is 4. The average Bonchev–Trinajstić information content (AvgIpc) is 3.07. The Morgan fingerprint density at radius 2 is 1.88 bits per heavy atom. The minimum Gasteiger partial charge on any atom is -0.375 e. The Balaban J connectivity index is 1.47. The normalized spacial score (nSPS) is 17.6. The second-order valence-electron chi connectivity index (χ2n) is 8.53. The summed E-state index contributed by atoms with van der Waals surface area (Å²) in [7, 11) is 1.46. The lowest BCUT2D eigenvalue weighted by atomic mass is 9.86. The van der Waals surface area contributed by atoms with Crippen molar-refractivity contribution in [2.24, 2.45) is 0 Å². The number of ether oxygens (including phenoxy) is 1. The van der Waals surface area contributed by atoms with Crippen LogP contribution in [0.5, 0.6) is 0 Å². The smallest absolute Gasteiger partial charge is 0.375 e. The molecule has 1 aromatic heterocycles. The Labute approximate surface area is 189 Å². The number of halogens is 3. The molecule has 0 saturated carbocycles. The number of aryl methyl sites for hydroxylation is 1. The fourth-order valence-corrected chi connectivity index (χ4v) is 4.75. The van der Waals surface area contributed by atoms with Crippen molar-refractivity contribution >= 4 is 11.8 Å². The standard InChI is InChI=1S/C23H27F3N4O3/c1-33-14-20(31)30-10-4-7-19-17(13-30)21(28-27-19)22(32)29-11-8-15(9-12-29)16-5-2-3-6-18(16)23(24,25)26/h2-3,5-6,15H,4,7-14H2,1H3,(H,27,28). The highest BCUT2D eigenvalue weighted by atomic mass is 19.4. The largest absolute Gasteiger partial charge is 0.416 e. The van der Waals surface area contributed by atoms with Gasteiger partial charge in [-0.25, -0.2) is 0 Å². The molecular weight excluding hydrogens is 437 g/mol. The SMILES string of the molecule is COCC(=O)N1CCCc2[nH]nc(C(=O)N3CCC(c4ccccc4C(F)(F)F)CC3)c2C1. The third-order valence-corrected chi connectivity index (χ3v) is 6.47. The van der Waals surface area contributed by atoms with Gasteiger partial charge in [-0.3, -0.25) is 14.7 Å². The van der Waals surface area contributed by atoms with Crippen LogP contribution in [0.1, 0.15) is 58.1 Å². The van der Waals surface area contributed by atoms with Crippen molar-refractivity contribution in [2.45, 2.75) is 44.3 Å². The fraction of sp³-hybridized carbons (Fsp3) is 0.522. The minimum atomic E-state index is -4.40. The van der Waals surface area contributed by atoms with Gasteiger partial charge in [-0.1, -0.05) is 18.2 Å². The second-order valence-corrected chi connectivity index (χ2v) is 8.53. The number of fused-ring (bicyclic) bond motifs is 1. The first-order valence-electron chi connectivity index (χ1n) is 11.1. The summed E-state index contributed by atoms with van der Waals surface area (Å²) < 4.78 is 45.2. The van der Waals surface area contributed by atoms with Crippen molar-refractivity contribution in [1.82, 2.24) is 20.0 Å². The predicted molar refractivity (Wildman–Crippen MR) is 114 cm³/mol. The molecule has 0 aliphatic carbocycles. The Bertz CT molecular complexity index is 1010. The Hall–Kier alpha value is -2.88. The topological polar surface area (TPSA) is 78.5 Å². The quantitative estimate of drug-likeness (QED) is 0.753. The molecule has 33 heavy (non-hydrogen) atoms. The van der Waals surface area contributed by atoms with E-state index in [0.29, 0.717) is 44.5 Å². The van der Waals surface area contributed by atoms with E-state index in [1.807, 2.05) is 0 Å². The van der Waals surface area contributed by atoms with Crippen LogP contribution in [0, 0.1) is 0 Å². The molecule has 2 aliphatic heterocycles. The highest BCUT2D eigenvalue weighted by molar-refractivity contribution is 5.94. The van der Waals surface area contributed by atoms with E-state index in [0.717, 1.165) is 18.2 Å². The third-order valence-electron chi connectivity index (χ3n) is 6.47. The number of aromatic nitrogens is 2. The number of carbonyl (C=O) groups is 2. The average molecular weight is 464 g/mol. The molecule has 0 bridgehead atoms. The number of nitrogens with zero attached hydrogens (tertiary/aromatic N) is 3. The molecule has 2 aromatic rings. The number of alkyl halides is 3. The molecule has 4 rings (SSSR count). The number of likely N-dealkylation sites (tertiary alicyclic amines) is 1. The molecule has 178 valence electrons. The molecule has 1 N–H and O–H groups in total. The molecule has 1 fully saturated rings. The first-order chi connectivity index (χ1) is 15.8. The fourth-order valence-electron chi connectivity index (χ4n) is 4.75. The van der Waals surface area contributed by atoms with Gasteiger partial charge in [0.1, 0.15) is 6.61 Å². The summed E-state index contributed by atoms with van der Waals surface area (Å²) in [5.74, 6) is -0.657. The lowest BCUT2D eigenvalue weighted by Crippen LogP contribution is -2.39. The van der Waals surface area contributed by atoms with E-state index in [4.69, 9.17) is 4.74 Å². The molecule has 1 saturated heterocycles. The summed E-state index contributed by atoms with van der Waals surface area (Å²) in [6.45, 7) is 1.53. The van der Waals surface area contributed by atoms with Crippen LogP contribution in [0.15, 0.2) is 24.3 Å². The molecule has 2 amide bonds. The van der Waals surface area contributed by atoms with Crippen LogP contribution in [0.3, 0.4) is 0 Å². The lowest BCUT2D eigenvalue weighted by Gasteiger charge is -2.33. The number of benzene rings is 1. The van der Waals surface area contributed by atoms with E-state index in [1.165, 1.54) is 19.2 Å². The van der Waals surface area contributed by atoms with Gasteiger partial charge < -0.3 is 14.5 Å². The van der Waals surface area contributed by atoms with Crippen LogP contribution in [0.4, 0.5) is 13.2 Å². The molecule has 0 radical (unpaired) electrons. The zero-order chi connectivity index (χ0) is 23.6. The van der Waals surface area contributed by atoms with Crippen LogP contribution < -0.4 is 0 Å².